The molecule has 10 nitrogen and oxygen atoms in total. The van der Waals surface area contributed by atoms with Gasteiger partial charge in [0.25, 0.3) is 12.0 Å². The summed E-state index contributed by atoms with van der Waals surface area (Å²) in [5, 5.41) is 5.54. The number of hydrogen-bond acceptors (Lipinski definition) is 8. The summed E-state index contributed by atoms with van der Waals surface area (Å²) in [5.41, 5.74) is 0.303. The van der Waals surface area contributed by atoms with E-state index >= 15 is 0 Å². The van der Waals surface area contributed by atoms with Crippen LogP contribution in [-0.4, -0.2) is 55.3 Å². The number of morpholine rings is 1. The second-order valence-electron chi connectivity index (χ2n) is 9.50. The van der Waals surface area contributed by atoms with Crippen molar-refractivity contribution < 1.29 is 17.9 Å². The Hall–Kier alpha value is -4.52. The smallest absolute Gasteiger partial charge is 0.279 e. The highest BCUT2D eigenvalue weighted by atomic mass is 19.3. The molecule has 13 heteroatoms. The van der Waals surface area contributed by atoms with Gasteiger partial charge in [0.1, 0.15) is 17.5 Å². The molecule has 0 aliphatic carbocycles. The fraction of sp³-hybridized carbons (Fsp3) is 0.296. The molecule has 206 valence electrons. The van der Waals surface area contributed by atoms with Crippen molar-refractivity contribution in [3.63, 3.8) is 0 Å². The first-order chi connectivity index (χ1) is 19.3. The van der Waals surface area contributed by atoms with E-state index in [9.17, 15) is 18.0 Å². The number of alkyl halides is 2. The van der Waals surface area contributed by atoms with Crippen LogP contribution in [0.3, 0.4) is 0 Å². The van der Waals surface area contributed by atoms with Gasteiger partial charge < -0.3 is 15.1 Å². The van der Waals surface area contributed by atoms with E-state index in [-0.39, 0.29) is 11.1 Å². The van der Waals surface area contributed by atoms with Gasteiger partial charge in [-0.25, -0.2) is 37.8 Å². The Kier molecular flexibility index (Phi) is 6.58. The third kappa shape index (κ3) is 4.51. The number of nitrogens with one attached hydrogen (secondary N) is 1. The summed E-state index contributed by atoms with van der Waals surface area (Å²) >= 11 is 0. The van der Waals surface area contributed by atoms with Crippen LogP contribution in [0.2, 0.25) is 0 Å². The van der Waals surface area contributed by atoms with E-state index < -0.39 is 23.8 Å². The predicted molar refractivity (Wildman–Crippen MR) is 143 cm³/mol. The molecule has 4 aromatic heterocycles. The molecular weight excluding hydrogens is 525 g/mol. The summed E-state index contributed by atoms with van der Waals surface area (Å²) in [6, 6.07) is 3.19. The van der Waals surface area contributed by atoms with Crippen molar-refractivity contribution in [1.29, 1.82) is 0 Å². The first-order valence-electron chi connectivity index (χ1n) is 12.7. The Morgan fingerprint density at radius 2 is 1.85 bits per heavy atom. The normalized spacial score (nSPS) is 14.8. The molecule has 1 atom stereocenters. The quantitative estimate of drug-likeness (QED) is 0.338. The molecule has 0 radical (unpaired) electrons. The largest absolute Gasteiger partial charge is 0.378 e. The minimum atomic E-state index is -2.94. The monoisotopic (exact) mass is 550 g/mol. The number of nitrogens with zero attached hydrogens (tertiary/aromatic N) is 7. The van der Waals surface area contributed by atoms with Gasteiger partial charge in [0.15, 0.2) is 0 Å². The van der Waals surface area contributed by atoms with Crippen LogP contribution in [0, 0.1) is 12.7 Å². The van der Waals surface area contributed by atoms with E-state index in [0.717, 1.165) is 6.07 Å². The zero-order chi connectivity index (χ0) is 28.0. The number of pyridine rings is 1. The lowest BCUT2D eigenvalue weighted by molar-refractivity contribution is 0.111. The molecule has 1 aliphatic heterocycles. The third-order valence-electron chi connectivity index (χ3n) is 6.91. The standard InChI is InChI=1S/C27H25F3N8O2/c1-15(18-4-3-5-19(22(18)28)24(29)30)33-25-20-14-38(37-8-10-40-11-9-37)26(39)21(23(20)34-16(2)35-25)17-12-32-27-31-6-7-36(27)13-17/h3-7,12-15,24H,8-11H2,1-2H3,(H,33,34,35)/t15-/m1/s1. The lowest BCUT2D eigenvalue weighted by Crippen LogP contribution is -2.49. The Bertz CT molecular complexity index is 1780. The van der Waals surface area contributed by atoms with Gasteiger partial charge in [-0.1, -0.05) is 18.2 Å². The number of halogens is 3. The SMILES string of the molecule is Cc1nc(N[C@H](C)c2cccc(C(F)F)c2F)c2cn(N3CCOCC3)c(=O)c(-c3cnc4nccn4c3)c2n1. The number of rotatable bonds is 6. The van der Waals surface area contributed by atoms with Crippen molar-refractivity contribution in [2.75, 3.05) is 36.6 Å². The van der Waals surface area contributed by atoms with Crippen LogP contribution in [0.1, 0.15) is 36.3 Å². The van der Waals surface area contributed by atoms with Crippen LogP contribution in [0.15, 0.2) is 54.0 Å². The molecule has 1 N–H and O–H groups in total. The van der Waals surface area contributed by atoms with Crippen LogP contribution < -0.4 is 15.9 Å². The second-order valence-corrected chi connectivity index (χ2v) is 9.50. The number of aryl methyl sites for hydroxylation is 1. The molecule has 0 amide bonds. The predicted octanol–water partition coefficient (Wildman–Crippen LogP) is 4.03. The zero-order valence-electron chi connectivity index (χ0n) is 21.7. The number of aromatic nitrogens is 6. The minimum absolute atomic E-state index is 0.0682. The molecule has 1 fully saturated rings. The first-order valence-corrected chi connectivity index (χ1v) is 12.7. The molecule has 5 aromatic rings. The van der Waals surface area contributed by atoms with E-state index in [4.69, 9.17) is 4.74 Å². The molecule has 1 aromatic carbocycles. The van der Waals surface area contributed by atoms with E-state index in [1.54, 1.807) is 49.2 Å². The van der Waals surface area contributed by atoms with Gasteiger partial charge in [-0.2, -0.15) is 0 Å². The summed E-state index contributed by atoms with van der Waals surface area (Å²) in [6.07, 6.45) is 5.37. The molecule has 6 rings (SSSR count). The number of anilines is 1. The Morgan fingerprint density at radius 3 is 2.62 bits per heavy atom. The van der Waals surface area contributed by atoms with Gasteiger partial charge in [-0.15, -0.1) is 0 Å². The maximum atomic E-state index is 15.0. The molecule has 0 spiro atoms. The van der Waals surface area contributed by atoms with Crippen molar-refractivity contribution >= 4 is 22.5 Å². The fourth-order valence-corrected chi connectivity index (χ4v) is 4.94. The van der Waals surface area contributed by atoms with Crippen molar-refractivity contribution in [3.8, 4) is 11.1 Å². The maximum absolute atomic E-state index is 15.0. The molecule has 5 heterocycles. The summed E-state index contributed by atoms with van der Waals surface area (Å²) in [5.74, 6) is 0.202. The van der Waals surface area contributed by atoms with E-state index in [1.807, 2.05) is 5.01 Å². The lowest BCUT2D eigenvalue weighted by atomic mass is 10.0. The van der Waals surface area contributed by atoms with Crippen LogP contribution in [0.5, 0.6) is 0 Å². The molecule has 1 saturated heterocycles. The third-order valence-corrected chi connectivity index (χ3v) is 6.91. The molecule has 0 unspecified atom stereocenters. The maximum Gasteiger partial charge on any atom is 0.279 e. The Labute approximate surface area is 226 Å². The van der Waals surface area contributed by atoms with Gasteiger partial charge in [0.05, 0.1) is 54.4 Å². The summed E-state index contributed by atoms with van der Waals surface area (Å²) in [4.78, 5) is 31.7. The fourth-order valence-electron chi connectivity index (χ4n) is 4.94. The average Bonchev–Trinajstić information content (AvgIpc) is 3.41. The van der Waals surface area contributed by atoms with Gasteiger partial charge in [-0.3, -0.25) is 9.20 Å². The van der Waals surface area contributed by atoms with E-state index in [2.05, 4.69) is 25.3 Å². The summed E-state index contributed by atoms with van der Waals surface area (Å²) in [6.45, 7) is 5.22. The van der Waals surface area contributed by atoms with Crippen LogP contribution in [-0.2, 0) is 4.74 Å². The average molecular weight is 551 g/mol. The van der Waals surface area contributed by atoms with Crippen LogP contribution in [0.25, 0.3) is 27.8 Å². The van der Waals surface area contributed by atoms with Gasteiger partial charge in [-0.05, 0) is 13.8 Å². The highest BCUT2D eigenvalue weighted by molar-refractivity contribution is 5.98. The molecule has 40 heavy (non-hydrogen) atoms. The summed E-state index contributed by atoms with van der Waals surface area (Å²) < 4.78 is 50.4. The number of ether oxygens (including phenoxy) is 1. The number of benzene rings is 1. The van der Waals surface area contributed by atoms with Crippen LogP contribution in [0.4, 0.5) is 19.0 Å². The molecule has 0 bridgehead atoms. The first kappa shape index (κ1) is 25.7. The second kappa shape index (κ2) is 10.2. The van der Waals surface area contributed by atoms with Gasteiger partial charge >= 0.3 is 0 Å². The Morgan fingerprint density at radius 1 is 1.07 bits per heavy atom. The summed E-state index contributed by atoms with van der Waals surface area (Å²) in [7, 11) is 0. The van der Waals surface area contributed by atoms with Crippen molar-refractivity contribution in [3.05, 3.63) is 82.3 Å². The van der Waals surface area contributed by atoms with E-state index in [1.165, 1.54) is 16.8 Å². The van der Waals surface area contributed by atoms with Crippen molar-refractivity contribution in [2.45, 2.75) is 26.3 Å². The Balaban J connectivity index is 1.55. The molecule has 1 aliphatic rings. The van der Waals surface area contributed by atoms with Crippen LogP contribution >= 0.6 is 0 Å². The van der Waals surface area contributed by atoms with E-state index in [0.29, 0.717) is 65.8 Å². The van der Waals surface area contributed by atoms with Gasteiger partial charge in [0.2, 0.25) is 5.78 Å². The topological polar surface area (TPSA) is 102 Å². The number of fused-ring (bicyclic) bond motifs is 2. The highest BCUT2D eigenvalue weighted by Gasteiger charge is 2.24. The lowest BCUT2D eigenvalue weighted by Gasteiger charge is -2.31. The zero-order valence-corrected chi connectivity index (χ0v) is 21.7. The molecule has 0 saturated carbocycles. The molecular formula is C27H25F3N8O2. The minimum Gasteiger partial charge on any atom is -0.378 e. The van der Waals surface area contributed by atoms with Gasteiger partial charge in [0, 0.05) is 42.1 Å². The number of hydrogen-bond donors (Lipinski definition) is 1. The van der Waals surface area contributed by atoms with Crippen molar-refractivity contribution in [1.82, 2.24) is 29.0 Å². The highest BCUT2D eigenvalue weighted by Crippen LogP contribution is 2.32. The number of imidazole rings is 1. The van der Waals surface area contributed by atoms with Crippen molar-refractivity contribution in [2.24, 2.45) is 0 Å².